The molecular formula is C15H17F3N4O2S. The Morgan fingerprint density at radius 2 is 1.80 bits per heavy atom. The van der Waals surface area contributed by atoms with E-state index in [1.54, 1.807) is 6.92 Å². The Hall–Kier alpha value is -2.36. The largest absolute Gasteiger partial charge is 0.416 e. The summed E-state index contributed by atoms with van der Waals surface area (Å²) in [6, 6.07) is 4.27. The predicted molar refractivity (Wildman–Crippen MR) is 89.3 cm³/mol. The van der Waals surface area contributed by atoms with E-state index in [0.717, 1.165) is 18.2 Å². The van der Waals surface area contributed by atoms with Crippen LogP contribution in [-0.4, -0.2) is 23.9 Å². The van der Waals surface area contributed by atoms with E-state index in [1.165, 1.54) is 19.9 Å². The molecule has 0 unspecified atom stereocenters. The van der Waals surface area contributed by atoms with Crippen LogP contribution in [0.15, 0.2) is 24.3 Å². The topological polar surface area (TPSA) is 98.0 Å². The minimum absolute atomic E-state index is 0.150. The number of rotatable bonds is 4. The van der Waals surface area contributed by atoms with E-state index in [9.17, 15) is 21.6 Å². The lowest BCUT2D eigenvalue weighted by Crippen LogP contribution is -2.23. The number of nitrogens with zero attached hydrogens (tertiary/aromatic N) is 2. The third kappa shape index (κ3) is 4.19. The summed E-state index contributed by atoms with van der Waals surface area (Å²) in [4.78, 5) is 0. The molecule has 0 atom stereocenters. The fourth-order valence-corrected chi connectivity index (χ4v) is 2.77. The first-order chi connectivity index (χ1) is 11.4. The normalized spacial score (nSPS) is 12.4. The van der Waals surface area contributed by atoms with Gasteiger partial charge in [0.2, 0.25) is 10.0 Å². The summed E-state index contributed by atoms with van der Waals surface area (Å²) < 4.78 is 65.5. The zero-order chi connectivity index (χ0) is 19.0. The van der Waals surface area contributed by atoms with Crippen LogP contribution in [0.5, 0.6) is 0 Å². The van der Waals surface area contributed by atoms with E-state index in [0.29, 0.717) is 5.56 Å². The van der Waals surface area contributed by atoms with E-state index in [4.69, 9.17) is 5.73 Å². The molecule has 0 saturated carbocycles. The summed E-state index contributed by atoms with van der Waals surface area (Å²) in [6.07, 6.45) is -4.61. The molecule has 3 N–H and O–H groups in total. The van der Waals surface area contributed by atoms with E-state index in [1.807, 2.05) is 0 Å². The fraction of sp³-hybridized carbons (Fsp3) is 0.333. The maximum absolute atomic E-state index is 13.0. The van der Waals surface area contributed by atoms with Crippen LogP contribution in [-0.2, 0) is 16.2 Å². The second kappa shape index (κ2) is 6.51. The summed E-state index contributed by atoms with van der Waals surface area (Å²) in [6.45, 7) is 4.49. The van der Waals surface area contributed by atoms with Crippen molar-refractivity contribution < 1.29 is 21.6 Å². The van der Waals surface area contributed by atoms with Gasteiger partial charge in [0.05, 0.1) is 22.2 Å². The van der Waals surface area contributed by atoms with Gasteiger partial charge in [-0.25, -0.2) is 8.42 Å². The van der Waals surface area contributed by atoms with Gasteiger partial charge in [-0.15, -0.1) is 10.2 Å². The van der Waals surface area contributed by atoms with Crippen molar-refractivity contribution in [1.82, 2.24) is 10.2 Å². The van der Waals surface area contributed by atoms with Gasteiger partial charge in [-0.3, -0.25) is 4.72 Å². The zero-order valence-electron chi connectivity index (χ0n) is 13.7. The lowest BCUT2D eigenvalue weighted by molar-refractivity contribution is -0.137. The summed E-state index contributed by atoms with van der Waals surface area (Å²) in [5.74, 6) is 0.150. The zero-order valence-corrected chi connectivity index (χ0v) is 14.5. The molecule has 0 aliphatic carbocycles. The van der Waals surface area contributed by atoms with E-state index < -0.39 is 27.0 Å². The first-order valence-corrected chi connectivity index (χ1v) is 8.79. The summed E-state index contributed by atoms with van der Waals surface area (Å²) in [5, 5.41) is 6.75. The van der Waals surface area contributed by atoms with Crippen LogP contribution in [0.4, 0.5) is 24.7 Å². The van der Waals surface area contributed by atoms with Crippen molar-refractivity contribution in [2.24, 2.45) is 0 Å². The number of sulfonamides is 1. The van der Waals surface area contributed by atoms with Crippen LogP contribution in [0.1, 0.15) is 25.0 Å². The van der Waals surface area contributed by atoms with Crippen molar-refractivity contribution in [2.45, 2.75) is 32.2 Å². The van der Waals surface area contributed by atoms with Gasteiger partial charge in [0.1, 0.15) is 5.82 Å². The predicted octanol–water partition coefficient (Wildman–Crippen LogP) is 3.20. The summed E-state index contributed by atoms with van der Waals surface area (Å²) in [7, 11) is -3.86. The Morgan fingerprint density at radius 1 is 1.16 bits per heavy atom. The van der Waals surface area contributed by atoms with Gasteiger partial charge in [-0.05, 0) is 44.5 Å². The monoisotopic (exact) mass is 374 g/mol. The highest BCUT2D eigenvalue weighted by Crippen LogP contribution is 2.36. The fourth-order valence-electron chi connectivity index (χ4n) is 2.05. The van der Waals surface area contributed by atoms with Crippen LogP contribution in [0, 0.1) is 6.92 Å². The van der Waals surface area contributed by atoms with Crippen LogP contribution >= 0.6 is 0 Å². The van der Waals surface area contributed by atoms with E-state index in [-0.39, 0.29) is 22.8 Å². The van der Waals surface area contributed by atoms with E-state index in [2.05, 4.69) is 14.9 Å². The number of nitrogen functional groups attached to an aromatic ring is 1. The lowest BCUT2D eigenvalue weighted by Gasteiger charge is -2.17. The number of nitrogens with two attached hydrogens (primary N) is 1. The highest BCUT2D eigenvalue weighted by Gasteiger charge is 2.32. The average Bonchev–Trinajstić information content (AvgIpc) is 2.46. The molecule has 2 aromatic rings. The number of hydrogen-bond donors (Lipinski definition) is 2. The van der Waals surface area contributed by atoms with Crippen LogP contribution in [0.2, 0.25) is 0 Å². The average molecular weight is 374 g/mol. The van der Waals surface area contributed by atoms with Crippen molar-refractivity contribution in [3.63, 3.8) is 0 Å². The van der Waals surface area contributed by atoms with Crippen molar-refractivity contribution in [2.75, 3.05) is 10.5 Å². The van der Waals surface area contributed by atoms with Gasteiger partial charge < -0.3 is 5.73 Å². The highest BCUT2D eigenvalue weighted by atomic mass is 32.2. The maximum atomic E-state index is 13.0. The number of nitrogens with one attached hydrogen (secondary N) is 1. The second-order valence-electron chi connectivity index (χ2n) is 5.75. The molecule has 0 aliphatic heterocycles. The third-order valence-corrected chi connectivity index (χ3v) is 5.22. The molecule has 0 saturated heterocycles. The molecule has 0 radical (unpaired) electrons. The molecule has 1 aromatic carbocycles. The molecule has 2 rings (SSSR count). The summed E-state index contributed by atoms with van der Waals surface area (Å²) in [5.41, 5.74) is 5.32. The molecular weight excluding hydrogens is 357 g/mol. The lowest BCUT2D eigenvalue weighted by atomic mass is 10.0. The number of aromatic nitrogens is 2. The first kappa shape index (κ1) is 19.0. The van der Waals surface area contributed by atoms with Gasteiger partial charge in [-0.1, -0.05) is 6.07 Å². The third-order valence-electron chi connectivity index (χ3n) is 3.48. The second-order valence-corrected chi connectivity index (χ2v) is 7.99. The molecule has 0 fully saturated rings. The molecule has 0 amide bonds. The number of benzene rings is 1. The Morgan fingerprint density at radius 3 is 2.32 bits per heavy atom. The summed E-state index contributed by atoms with van der Waals surface area (Å²) >= 11 is 0. The molecule has 6 nitrogen and oxygen atoms in total. The Kier molecular flexibility index (Phi) is 4.94. The number of aryl methyl sites for hydroxylation is 1. The van der Waals surface area contributed by atoms with Crippen molar-refractivity contribution in [1.29, 1.82) is 0 Å². The van der Waals surface area contributed by atoms with Crippen molar-refractivity contribution in [3.8, 4) is 11.3 Å². The highest BCUT2D eigenvalue weighted by molar-refractivity contribution is 7.93. The van der Waals surface area contributed by atoms with Gasteiger partial charge in [-0.2, -0.15) is 13.2 Å². The minimum atomic E-state index is -4.61. The molecule has 136 valence electrons. The molecule has 1 heterocycles. The molecule has 0 spiro atoms. The molecule has 1 aromatic heterocycles. The number of hydrogen-bond acceptors (Lipinski definition) is 5. The van der Waals surface area contributed by atoms with Crippen LogP contribution in [0.25, 0.3) is 11.3 Å². The van der Waals surface area contributed by atoms with Crippen LogP contribution < -0.4 is 10.5 Å². The van der Waals surface area contributed by atoms with Gasteiger partial charge in [0.25, 0.3) is 0 Å². The maximum Gasteiger partial charge on any atom is 0.416 e. The molecule has 25 heavy (non-hydrogen) atoms. The first-order valence-electron chi connectivity index (χ1n) is 7.25. The Labute approximate surface area is 143 Å². The SMILES string of the molecule is Cc1cc(N)nnc1-c1ccc(C(F)(F)F)cc1NS(=O)(=O)C(C)C. The van der Waals surface area contributed by atoms with Crippen molar-refractivity contribution >= 4 is 21.5 Å². The molecule has 0 aliphatic rings. The van der Waals surface area contributed by atoms with Gasteiger partial charge in [0, 0.05) is 5.56 Å². The van der Waals surface area contributed by atoms with E-state index >= 15 is 0 Å². The quantitative estimate of drug-likeness (QED) is 0.856. The Bertz CT molecular complexity index is 896. The smallest absolute Gasteiger partial charge is 0.382 e. The van der Waals surface area contributed by atoms with Crippen LogP contribution in [0.3, 0.4) is 0 Å². The number of anilines is 2. The Balaban J connectivity index is 2.67. The molecule has 0 bridgehead atoms. The van der Waals surface area contributed by atoms with Gasteiger partial charge >= 0.3 is 6.18 Å². The molecule has 10 heteroatoms. The van der Waals surface area contributed by atoms with Gasteiger partial charge in [0.15, 0.2) is 0 Å². The number of alkyl halides is 3. The standard InChI is InChI=1S/C15H17F3N4O2S/c1-8(2)25(23,24)22-12-7-10(15(16,17)18)4-5-11(12)14-9(3)6-13(19)20-21-14/h4-8,22H,1-3H3,(H2,19,20). The minimum Gasteiger partial charge on any atom is -0.382 e. The van der Waals surface area contributed by atoms with Crippen molar-refractivity contribution in [3.05, 3.63) is 35.4 Å². The number of halogens is 3.